The van der Waals surface area contributed by atoms with Gasteiger partial charge in [-0.05, 0) is 6.92 Å². The summed E-state index contributed by atoms with van der Waals surface area (Å²) in [6.07, 6.45) is 0. The Morgan fingerprint density at radius 2 is 2.30 bits per heavy atom. The average Bonchev–Trinajstić information content (AvgIpc) is 2.01. The molecule has 0 aromatic heterocycles. The highest BCUT2D eigenvalue weighted by Crippen LogP contribution is 2.16. The van der Waals surface area contributed by atoms with Crippen LogP contribution in [0.4, 0.5) is 4.39 Å². The number of carbonyl (C=O) groups is 1. The molecular formula is C6H12FNO2. The van der Waals surface area contributed by atoms with Gasteiger partial charge in [-0.2, -0.15) is 0 Å². The van der Waals surface area contributed by atoms with Gasteiger partial charge in [-0.15, -0.1) is 0 Å². The Morgan fingerprint density at radius 3 is 2.40 bits per heavy atom. The smallest absolute Gasteiger partial charge is 0.315 e. The first-order chi connectivity index (χ1) is 4.60. The molecule has 0 bridgehead atoms. The van der Waals surface area contributed by atoms with Gasteiger partial charge in [0.05, 0.1) is 7.11 Å². The van der Waals surface area contributed by atoms with Crippen LogP contribution in [0, 0.1) is 5.41 Å². The van der Waals surface area contributed by atoms with Gasteiger partial charge in [-0.3, -0.25) is 4.79 Å². The molecule has 0 aliphatic carbocycles. The fraction of sp³-hybridized carbons (Fsp3) is 0.833. The molecule has 10 heavy (non-hydrogen) atoms. The Hall–Kier alpha value is -0.640. The fourth-order valence-electron chi connectivity index (χ4n) is 0.439. The van der Waals surface area contributed by atoms with Gasteiger partial charge in [0.1, 0.15) is 12.1 Å². The van der Waals surface area contributed by atoms with E-state index in [1.165, 1.54) is 14.0 Å². The lowest BCUT2D eigenvalue weighted by Crippen LogP contribution is -2.38. The number of ether oxygens (including phenoxy) is 1. The lowest BCUT2D eigenvalue weighted by molar-refractivity contribution is -0.152. The summed E-state index contributed by atoms with van der Waals surface area (Å²) in [5.74, 6) is -0.600. The molecule has 0 aromatic carbocycles. The molecule has 0 amide bonds. The van der Waals surface area contributed by atoms with Crippen molar-refractivity contribution in [1.29, 1.82) is 0 Å². The first-order valence-corrected chi connectivity index (χ1v) is 2.95. The predicted octanol–water partition coefficient (Wildman–Crippen LogP) is 0.0939. The maximum Gasteiger partial charge on any atom is 0.315 e. The summed E-state index contributed by atoms with van der Waals surface area (Å²) in [5, 5.41) is 0. The highest BCUT2D eigenvalue weighted by Gasteiger charge is 2.32. The molecular weight excluding hydrogens is 137 g/mol. The van der Waals surface area contributed by atoms with Gasteiger partial charge in [-0.1, -0.05) is 0 Å². The third-order valence-corrected chi connectivity index (χ3v) is 1.42. The maximum absolute atomic E-state index is 12.1. The normalized spacial score (nSPS) is 16.0. The van der Waals surface area contributed by atoms with Crippen LogP contribution in [0.25, 0.3) is 0 Å². The SMILES string of the molecule is COC(=O)C(C)(CN)CF. The van der Waals surface area contributed by atoms with E-state index >= 15 is 0 Å². The molecule has 0 aliphatic heterocycles. The Bertz CT molecular complexity index is 123. The van der Waals surface area contributed by atoms with E-state index in [0.29, 0.717) is 0 Å². The second-order valence-electron chi connectivity index (χ2n) is 2.39. The molecule has 0 saturated heterocycles. The van der Waals surface area contributed by atoms with E-state index in [9.17, 15) is 9.18 Å². The molecule has 3 nitrogen and oxygen atoms in total. The van der Waals surface area contributed by atoms with Crippen molar-refractivity contribution in [2.24, 2.45) is 11.1 Å². The molecule has 60 valence electrons. The van der Waals surface area contributed by atoms with Gasteiger partial charge < -0.3 is 10.5 Å². The average molecular weight is 149 g/mol. The number of rotatable bonds is 3. The summed E-state index contributed by atoms with van der Waals surface area (Å²) in [7, 11) is 1.21. The van der Waals surface area contributed by atoms with Crippen molar-refractivity contribution in [1.82, 2.24) is 0 Å². The van der Waals surface area contributed by atoms with Crippen LogP contribution >= 0.6 is 0 Å². The molecule has 0 rings (SSSR count). The van der Waals surface area contributed by atoms with Crippen LogP contribution in [0.15, 0.2) is 0 Å². The zero-order valence-electron chi connectivity index (χ0n) is 6.19. The number of hydrogen-bond donors (Lipinski definition) is 1. The molecule has 4 heteroatoms. The molecule has 1 atom stereocenters. The standard InChI is InChI=1S/C6H12FNO2/c1-6(3-7,4-8)5(9)10-2/h3-4,8H2,1-2H3. The predicted molar refractivity (Wildman–Crippen MR) is 35.2 cm³/mol. The van der Waals surface area contributed by atoms with Crippen molar-refractivity contribution >= 4 is 5.97 Å². The zero-order chi connectivity index (χ0) is 8.20. The zero-order valence-corrected chi connectivity index (χ0v) is 6.19. The number of carbonyl (C=O) groups excluding carboxylic acids is 1. The minimum Gasteiger partial charge on any atom is -0.468 e. The van der Waals surface area contributed by atoms with Crippen molar-refractivity contribution in [2.75, 3.05) is 20.3 Å². The molecule has 0 fully saturated rings. The number of methoxy groups -OCH3 is 1. The molecule has 1 unspecified atom stereocenters. The Morgan fingerprint density at radius 1 is 1.80 bits per heavy atom. The van der Waals surface area contributed by atoms with Crippen LogP contribution in [0.5, 0.6) is 0 Å². The number of alkyl halides is 1. The number of halogens is 1. The molecule has 0 saturated carbocycles. The molecule has 0 aliphatic rings. The van der Waals surface area contributed by atoms with Crippen LogP contribution in [-0.2, 0) is 9.53 Å². The minimum atomic E-state index is -1.16. The van der Waals surface area contributed by atoms with E-state index in [4.69, 9.17) is 5.73 Å². The number of nitrogens with two attached hydrogens (primary N) is 1. The van der Waals surface area contributed by atoms with E-state index < -0.39 is 18.1 Å². The minimum absolute atomic E-state index is 0.0316. The van der Waals surface area contributed by atoms with Crippen LogP contribution in [0.2, 0.25) is 0 Å². The van der Waals surface area contributed by atoms with Crippen LogP contribution < -0.4 is 5.73 Å². The maximum atomic E-state index is 12.1. The van der Waals surface area contributed by atoms with Crippen LogP contribution in [0.3, 0.4) is 0 Å². The monoisotopic (exact) mass is 149 g/mol. The van der Waals surface area contributed by atoms with Gasteiger partial charge in [-0.25, -0.2) is 4.39 Å². The summed E-state index contributed by atoms with van der Waals surface area (Å²) < 4.78 is 16.4. The van der Waals surface area contributed by atoms with E-state index in [1.807, 2.05) is 0 Å². The third-order valence-electron chi connectivity index (χ3n) is 1.42. The van der Waals surface area contributed by atoms with E-state index in [1.54, 1.807) is 0 Å². The van der Waals surface area contributed by atoms with Gasteiger partial charge >= 0.3 is 5.97 Å². The highest BCUT2D eigenvalue weighted by atomic mass is 19.1. The van der Waals surface area contributed by atoms with Gasteiger partial charge in [0.25, 0.3) is 0 Å². The molecule has 0 aromatic rings. The third kappa shape index (κ3) is 1.67. The largest absolute Gasteiger partial charge is 0.468 e. The lowest BCUT2D eigenvalue weighted by Gasteiger charge is -2.19. The van der Waals surface area contributed by atoms with Crippen LogP contribution in [-0.4, -0.2) is 26.3 Å². The second-order valence-corrected chi connectivity index (χ2v) is 2.39. The number of hydrogen-bond acceptors (Lipinski definition) is 3. The summed E-state index contributed by atoms with van der Waals surface area (Å²) in [4.78, 5) is 10.8. The Labute approximate surface area is 59.3 Å². The first kappa shape index (κ1) is 9.36. The molecule has 2 N–H and O–H groups in total. The molecule has 0 spiro atoms. The Balaban J connectivity index is 4.17. The van der Waals surface area contributed by atoms with Crippen molar-refractivity contribution in [3.63, 3.8) is 0 Å². The van der Waals surface area contributed by atoms with E-state index in [-0.39, 0.29) is 6.54 Å². The summed E-state index contributed by atoms with van der Waals surface area (Å²) >= 11 is 0. The quantitative estimate of drug-likeness (QED) is 0.579. The van der Waals surface area contributed by atoms with Crippen molar-refractivity contribution < 1.29 is 13.9 Å². The molecule has 0 radical (unpaired) electrons. The fourth-order valence-corrected chi connectivity index (χ4v) is 0.439. The highest BCUT2D eigenvalue weighted by molar-refractivity contribution is 5.76. The number of esters is 1. The van der Waals surface area contributed by atoms with E-state index in [0.717, 1.165) is 0 Å². The summed E-state index contributed by atoms with van der Waals surface area (Å²) in [5.41, 5.74) is 4.00. The lowest BCUT2D eigenvalue weighted by atomic mass is 9.93. The van der Waals surface area contributed by atoms with E-state index in [2.05, 4.69) is 4.74 Å². The Kier molecular flexibility index (Phi) is 3.28. The topological polar surface area (TPSA) is 52.3 Å². The second kappa shape index (κ2) is 3.51. The van der Waals surface area contributed by atoms with Crippen molar-refractivity contribution in [3.8, 4) is 0 Å². The van der Waals surface area contributed by atoms with Crippen molar-refractivity contribution in [3.05, 3.63) is 0 Å². The first-order valence-electron chi connectivity index (χ1n) is 2.95. The summed E-state index contributed by atoms with van der Waals surface area (Å²) in [6.45, 7) is 0.616. The molecule has 0 heterocycles. The van der Waals surface area contributed by atoms with Gasteiger partial charge in [0.15, 0.2) is 0 Å². The van der Waals surface area contributed by atoms with Crippen molar-refractivity contribution in [2.45, 2.75) is 6.92 Å². The van der Waals surface area contributed by atoms with Gasteiger partial charge in [0, 0.05) is 6.54 Å². The van der Waals surface area contributed by atoms with Crippen LogP contribution in [0.1, 0.15) is 6.92 Å². The summed E-state index contributed by atoms with van der Waals surface area (Å²) in [6, 6.07) is 0. The van der Waals surface area contributed by atoms with Gasteiger partial charge in [0.2, 0.25) is 0 Å².